The Balaban J connectivity index is 1.91. The maximum Gasteiger partial charge on any atom is 0.0455 e. The molecule has 0 aliphatic heterocycles. The molecule has 3 aromatic rings. The fourth-order valence-corrected chi connectivity index (χ4v) is 1.93. The Morgan fingerprint density at radius 2 is 1.65 bits per heavy atom. The second-order valence-electron chi connectivity index (χ2n) is 4.27. The number of hydrogen-bond donors (Lipinski definition) is 2. The number of H-pyrrole nitrogens is 1. The molecule has 2 N–H and O–H groups in total. The monoisotopic (exact) mass is 222 g/mol. The van der Waals surface area contributed by atoms with Gasteiger partial charge in [-0.05, 0) is 43.3 Å². The Kier molecular flexibility index (Phi) is 2.33. The van der Waals surface area contributed by atoms with Crippen molar-refractivity contribution in [2.45, 2.75) is 6.92 Å². The van der Waals surface area contributed by atoms with Crippen molar-refractivity contribution in [2.24, 2.45) is 0 Å². The molecular weight excluding hydrogens is 208 g/mol. The number of rotatable bonds is 2. The summed E-state index contributed by atoms with van der Waals surface area (Å²) in [4.78, 5) is 3.19. The third kappa shape index (κ3) is 2.02. The van der Waals surface area contributed by atoms with Crippen LogP contribution in [0.15, 0.2) is 54.7 Å². The number of fused-ring (bicyclic) bond motifs is 1. The van der Waals surface area contributed by atoms with Gasteiger partial charge in [-0.3, -0.25) is 0 Å². The maximum atomic E-state index is 3.40. The van der Waals surface area contributed by atoms with Gasteiger partial charge in [0.25, 0.3) is 0 Å². The van der Waals surface area contributed by atoms with Crippen molar-refractivity contribution >= 4 is 22.3 Å². The lowest BCUT2D eigenvalue weighted by Gasteiger charge is -2.06. The molecule has 0 amide bonds. The van der Waals surface area contributed by atoms with Crippen LogP contribution in [0.3, 0.4) is 0 Å². The highest BCUT2D eigenvalue weighted by Gasteiger charge is 1.97. The summed E-state index contributed by atoms with van der Waals surface area (Å²) in [6.07, 6.45) is 1.96. The van der Waals surface area contributed by atoms with E-state index < -0.39 is 0 Å². The lowest BCUT2D eigenvalue weighted by Crippen LogP contribution is -1.89. The molecule has 84 valence electrons. The number of nitrogens with one attached hydrogen (secondary N) is 2. The van der Waals surface area contributed by atoms with Gasteiger partial charge in [0.2, 0.25) is 0 Å². The van der Waals surface area contributed by atoms with Crippen molar-refractivity contribution in [1.29, 1.82) is 0 Å². The van der Waals surface area contributed by atoms with Crippen LogP contribution in [-0.4, -0.2) is 4.98 Å². The molecule has 0 radical (unpaired) electrons. The molecule has 17 heavy (non-hydrogen) atoms. The highest BCUT2D eigenvalue weighted by atomic mass is 14.9. The van der Waals surface area contributed by atoms with E-state index in [1.165, 1.54) is 16.5 Å². The predicted molar refractivity (Wildman–Crippen MR) is 72.8 cm³/mol. The quantitative estimate of drug-likeness (QED) is 0.667. The molecule has 0 bridgehead atoms. The predicted octanol–water partition coefficient (Wildman–Crippen LogP) is 4.22. The zero-order valence-corrected chi connectivity index (χ0v) is 9.70. The van der Waals surface area contributed by atoms with E-state index in [1.807, 2.05) is 6.20 Å². The van der Waals surface area contributed by atoms with Crippen LogP contribution in [0.2, 0.25) is 0 Å². The number of hydrogen-bond acceptors (Lipinski definition) is 1. The molecule has 0 fully saturated rings. The van der Waals surface area contributed by atoms with Gasteiger partial charge < -0.3 is 10.3 Å². The average molecular weight is 222 g/mol. The second-order valence-corrected chi connectivity index (χ2v) is 4.27. The summed E-state index contributed by atoms with van der Waals surface area (Å²) in [5, 5.41) is 4.62. The fourth-order valence-electron chi connectivity index (χ4n) is 1.93. The zero-order valence-electron chi connectivity index (χ0n) is 9.70. The van der Waals surface area contributed by atoms with E-state index in [1.54, 1.807) is 0 Å². The molecular formula is C15H14N2. The molecule has 0 atom stereocenters. The van der Waals surface area contributed by atoms with E-state index in [4.69, 9.17) is 0 Å². The zero-order chi connectivity index (χ0) is 11.7. The first-order valence-corrected chi connectivity index (χ1v) is 5.72. The first kappa shape index (κ1) is 9.97. The number of anilines is 2. The highest BCUT2D eigenvalue weighted by Crippen LogP contribution is 2.21. The lowest BCUT2D eigenvalue weighted by molar-refractivity contribution is 1.45. The van der Waals surface area contributed by atoms with E-state index in [2.05, 4.69) is 65.8 Å². The number of aromatic nitrogens is 1. The molecule has 0 aliphatic carbocycles. The van der Waals surface area contributed by atoms with Gasteiger partial charge in [-0.25, -0.2) is 0 Å². The summed E-state index contributed by atoms with van der Waals surface area (Å²) in [7, 11) is 0. The fraction of sp³-hybridized carbons (Fsp3) is 0.0667. The SMILES string of the molecule is Cc1ccc(Nc2ccc3[nH]ccc3c2)cc1. The topological polar surface area (TPSA) is 27.8 Å². The molecule has 0 saturated carbocycles. The minimum atomic E-state index is 1.11. The van der Waals surface area contributed by atoms with Gasteiger partial charge in [0.05, 0.1) is 0 Å². The minimum absolute atomic E-state index is 1.11. The van der Waals surface area contributed by atoms with Gasteiger partial charge in [0.15, 0.2) is 0 Å². The lowest BCUT2D eigenvalue weighted by atomic mass is 10.2. The van der Waals surface area contributed by atoms with Gasteiger partial charge in [-0.2, -0.15) is 0 Å². The molecule has 1 aromatic heterocycles. The molecule has 0 saturated heterocycles. The number of aromatic amines is 1. The van der Waals surface area contributed by atoms with Gasteiger partial charge in [-0.15, -0.1) is 0 Å². The third-order valence-corrected chi connectivity index (χ3v) is 2.89. The standard InChI is InChI=1S/C15H14N2/c1-11-2-4-13(5-3-11)17-14-6-7-15-12(10-14)8-9-16-15/h2-10,16-17H,1H3. The second kappa shape index (κ2) is 3.98. The summed E-state index contributed by atoms with van der Waals surface area (Å²) < 4.78 is 0. The van der Waals surface area contributed by atoms with Crippen LogP contribution in [-0.2, 0) is 0 Å². The van der Waals surface area contributed by atoms with Crippen molar-refractivity contribution in [1.82, 2.24) is 4.98 Å². The molecule has 2 nitrogen and oxygen atoms in total. The van der Waals surface area contributed by atoms with E-state index in [0.717, 1.165) is 11.4 Å². The van der Waals surface area contributed by atoms with Crippen LogP contribution in [0, 0.1) is 6.92 Å². The van der Waals surface area contributed by atoms with E-state index in [-0.39, 0.29) is 0 Å². The van der Waals surface area contributed by atoms with Gasteiger partial charge in [-0.1, -0.05) is 17.7 Å². The van der Waals surface area contributed by atoms with Crippen LogP contribution in [0.25, 0.3) is 10.9 Å². The van der Waals surface area contributed by atoms with Crippen LogP contribution >= 0.6 is 0 Å². The van der Waals surface area contributed by atoms with E-state index in [9.17, 15) is 0 Å². The molecule has 2 aromatic carbocycles. The Morgan fingerprint density at radius 3 is 2.47 bits per heavy atom. The summed E-state index contributed by atoms with van der Waals surface area (Å²) >= 11 is 0. The molecule has 0 unspecified atom stereocenters. The van der Waals surface area contributed by atoms with Crippen molar-refractivity contribution in [3.8, 4) is 0 Å². The van der Waals surface area contributed by atoms with Gasteiger partial charge >= 0.3 is 0 Å². The van der Waals surface area contributed by atoms with Crippen molar-refractivity contribution in [3.63, 3.8) is 0 Å². The van der Waals surface area contributed by atoms with Crippen LogP contribution in [0.5, 0.6) is 0 Å². The van der Waals surface area contributed by atoms with Gasteiger partial charge in [0, 0.05) is 28.5 Å². The third-order valence-electron chi connectivity index (χ3n) is 2.89. The van der Waals surface area contributed by atoms with E-state index >= 15 is 0 Å². The summed E-state index contributed by atoms with van der Waals surface area (Å²) in [6.45, 7) is 2.09. The molecule has 0 aliphatic rings. The van der Waals surface area contributed by atoms with Crippen LogP contribution in [0.4, 0.5) is 11.4 Å². The highest BCUT2D eigenvalue weighted by molar-refractivity contribution is 5.84. The Labute approximate surface area is 100 Å². The van der Waals surface area contributed by atoms with Gasteiger partial charge in [0.1, 0.15) is 0 Å². The summed E-state index contributed by atoms with van der Waals surface area (Å²) in [6, 6.07) is 16.8. The molecule has 3 rings (SSSR count). The smallest absolute Gasteiger partial charge is 0.0455 e. The average Bonchev–Trinajstić information content (AvgIpc) is 2.79. The summed E-state index contributed by atoms with van der Waals surface area (Å²) in [5.41, 5.74) is 4.67. The Bertz CT molecular complexity index is 635. The summed E-state index contributed by atoms with van der Waals surface area (Å²) in [5.74, 6) is 0. The normalized spacial score (nSPS) is 10.6. The Morgan fingerprint density at radius 1 is 0.882 bits per heavy atom. The van der Waals surface area contributed by atoms with Crippen molar-refractivity contribution in [2.75, 3.05) is 5.32 Å². The number of benzene rings is 2. The Hall–Kier alpha value is -2.22. The van der Waals surface area contributed by atoms with E-state index in [0.29, 0.717) is 0 Å². The van der Waals surface area contributed by atoms with Crippen molar-refractivity contribution in [3.05, 3.63) is 60.3 Å². The molecule has 1 heterocycles. The van der Waals surface area contributed by atoms with Crippen LogP contribution in [0.1, 0.15) is 5.56 Å². The number of aryl methyl sites for hydroxylation is 1. The maximum absolute atomic E-state index is 3.40. The molecule has 0 spiro atoms. The largest absolute Gasteiger partial charge is 0.361 e. The van der Waals surface area contributed by atoms with Crippen LogP contribution < -0.4 is 5.32 Å². The molecule has 2 heteroatoms. The first-order valence-electron chi connectivity index (χ1n) is 5.72. The van der Waals surface area contributed by atoms with Crippen molar-refractivity contribution < 1.29 is 0 Å². The first-order chi connectivity index (χ1) is 8.31. The minimum Gasteiger partial charge on any atom is -0.361 e.